The first-order chi connectivity index (χ1) is 27.3. The molecule has 0 fully saturated rings. The third-order valence-electron chi connectivity index (χ3n) is 9.05. The number of carbonyl (C=O) groups is 2. The second-order valence-corrected chi connectivity index (χ2v) is 17.3. The molecule has 58 heavy (non-hydrogen) atoms. The predicted molar refractivity (Wildman–Crippen MR) is 230 cm³/mol. The maximum absolute atomic E-state index is 12.6. The lowest BCUT2D eigenvalue weighted by molar-refractivity contribution is -0.646. The Labute approximate surface area is 344 Å². The maximum Gasteiger partial charge on any atom is 0.345 e. The number of hydroxylamine groups is 2. The van der Waals surface area contributed by atoms with Crippen molar-refractivity contribution < 1.29 is 32.3 Å². The predicted octanol–water partition coefficient (Wildman–Crippen LogP) is 9.23. The normalized spacial score (nSPS) is 11.6. The Morgan fingerprint density at radius 2 is 1.38 bits per heavy atom. The zero-order chi connectivity index (χ0) is 43.0. The van der Waals surface area contributed by atoms with Crippen LogP contribution < -0.4 is 14.8 Å². The van der Waals surface area contributed by atoms with Gasteiger partial charge in [-0.15, -0.1) is 0 Å². The van der Waals surface area contributed by atoms with Gasteiger partial charge in [0, 0.05) is 42.9 Å². The van der Waals surface area contributed by atoms with Crippen molar-refractivity contribution >= 4 is 27.5 Å². The summed E-state index contributed by atoms with van der Waals surface area (Å²) in [7, 11) is -0.746. The second kappa shape index (κ2) is 21.7. The van der Waals surface area contributed by atoms with Gasteiger partial charge in [-0.1, -0.05) is 105 Å². The minimum atomic E-state index is -3.71. The summed E-state index contributed by atoms with van der Waals surface area (Å²) in [6, 6.07) is 37.2. The molecule has 0 bridgehead atoms. The van der Waals surface area contributed by atoms with Gasteiger partial charge in [0.2, 0.25) is 15.7 Å². The molecule has 0 aliphatic heterocycles. The molecule has 5 aromatic rings. The first-order valence-electron chi connectivity index (χ1n) is 19.0. The molecule has 310 valence electrons. The number of nitrogens with zero attached hydrogens (tertiary/aromatic N) is 3. The summed E-state index contributed by atoms with van der Waals surface area (Å²) in [5.41, 5.74) is 5.27. The summed E-state index contributed by atoms with van der Waals surface area (Å²) in [4.78, 5) is 30.7. The summed E-state index contributed by atoms with van der Waals surface area (Å²) in [6.07, 6.45) is 1.20. The number of anilines is 1. The van der Waals surface area contributed by atoms with Crippen LogP contribution in [0, 0.1) is 24.5 Å². The molecule has 0 aliphatic rings. The van der Waals surface area contributed by atoms with Crippen molar-refractivity contribution in [2.45, 2.75) is 84.9 Å². The first kappa shape index (κ1) is 46.7. The fourth-order valence-corrected chi connectivity index (χ4v) is 7.07. The Bertz CT molecular complexity index is 2160. The fraction of sp³-hybridized carbons (Fsp3) is 0.326. The van der Waals surface area contributed by atoms with Crippen molar-refractivity contribution in [1.82, 2.24) is 9.96 Å². The van der Waals surface area contributed by atoms with E-state index < -0.39 is 15.1 Å². The number of hydrogen-bond acceptors (Lipinski definition) is 7. The molecule has 5 rings (SSSR count). The molecule has 11 nitrogen and oxygen atoms in total. The minimum absolute atomic E-state index is 0.205. The van der Waals surface area contributed by atoms with Crippen molar-refractivity contribution in [3.05, 3.63) is 161 Å². The van der Waals surface area contributed by atoms with Crippen LogP contribution in [0.5, 0.6) is 5.75 Å². The molecule has 12 heteroatoms. The minimum Gasteiger partial charge on any atom is -0.618 e. The highest BCUT2D eigenvalue weighted by Gasteiger charge is 2.32. The van der Waals surface area contributed by atoms with E-state index in [1.165, 1.54) is 38.1 Å². The van der Waals surface area contributed by atoms with Crippen LogP contribution in [0.3, 0.4) is 0 Å². The third-order valence-corrected chi connectivity index (χ3v) is 11.1. The van der Waals surface area contributed by atoms with Crippen molar-refractivity contribution in [3.63, 3.8) is 0 Å². The monoisotopic (exact) mass is 810 g/mol. The van der Waals surface area contributed by atoms with Gasteiger partial charge < -0.3 is 20.2 Å². The number of hydrogen-bond donors (Lipinski definition) is 1. The molecule has 4 aromatic carbocycles. The second-order valence-electron chi connectivity index (χ2n) is 15.1. The van der Waals surface area contributed by atoms with Gasteiger partial charge in [0.1, 0.15) is 12.4 Å². The van der Waals surface area contributed by atoms with Gasteiger partial charge in [-0.3, -0.25) is 9.63 Å². The fourth-order valence-electron chi connectivity index (χ4n) is 5.54. The number of rotatable bonds is 11. The van der Waals surface area contributed by atoms with E-state index in [0.29, 0.717) is 23.6 Å². The van der Waals surface area contributed by atoms with Gasteiger partial charge in [0.15, 0.2) is 6.20 Å². The molecule has 1 aromatic heterocycles. The van der Waals surface area contributed by atoms with Crippen LogP contribution in [0.1, 0.15) is 74.6 Å². The van der Waals surface area contributed by atoms with Crippen molar-refractivity contribution in [1.29, 1.82) is 0 Å². The molecule has 0 aliphatic carbocycles. The van der Waals surface area contributed by atoms with Gasteiger partial charge in [0.25, 0.3) is 0 Å². The number of ether oxygens (including phenoxy) is 1. The molecule has 1 N–H and O–H groups in total. The van der Waals surface area contributed by atoms with Gasteiger partial charge >= 0.3 is 11.1 Å². The van der Waals surface area contributed by atoms with Crippen molar-refractivity contribution in [3.8, 4) is 5.75 Å². The van der Waals surface area contributed by atoms with E-state index in [1.807, 2.05) is 118 Å². The number of nitrogens with one attached hydrogen (secondary N) is 1. The van der Waals surface area contributed by atoms with Gasteiger partial charge in [-0.2, -0.15) is 4.73 Å². The molecule has 0 radical (unpaired) electrons. The zero-order valence-corrected chi connectivity index (χ0v) is 36.1. The van der Waals surface area contributed by atoms with Crippen LogP contribution in [-0.2, 0) is 32.6 Å². The topological polar surface area (TPSA) is 132 Å². The lowest BCUT2D eigenvalue weighted by Gasteiger charge is -2.32. The van der Waals surface area contributed by atoms with E-state index in [4.69, 9.17) is 9.57 Å². The number of benzene rings is 4. The molecule has 0 spiro atoms. The highest BCUT2D eigenvalue weighted by molar-refractivity contribution is 7.91. The largest absolute Gasteiger partial charge is 0.618 e. The van der Waals surface area contributed by atoms with Crippen LogP contribution in [0.25, 0.3) is 0 Å². The van der Waals surface area contributed by atoms with Gasteiger partial charge in [0.05, 0.1) is 12.4 Å². The molecular formula is C46H58N4O7S. The van der Waals surface area contributed by atoms with E-state index >= 15 is 0 Å². The van der Waals surface area contributed by atoms with E-state index in [0.717, 1.165) is 33.1 Å². The third kappa shape index (κ3) is 14.0. The first-order valence-corrected chi connectivity index (χ1v) is 20.6. The Morgan fingerprint density at radius 3 is 1.91 bits per heavy atom. The van der Waals surface area contributed by atoms with Crippen LogP contribution in [-0.4, -0.2) is 50.5 Å². The van der Waals surface area contributed by atoms with E-state index in [1.54, 1.807) is 25.1 Å². The lowest BCUT2D eigenvalue weighted by Crippen LogP contribution is -2.43. The van der Waals surface area contributed by atoms with Crippen LogP contribution in [0.4, 0.5) is 10.5 Å². The molecule has 0 saturated carbocycles. The molecule has 0 saturated heterocycles. The van der Waals surface area contributed by atoms with E-state index in [9.17, 15) is 23.2 Å². The Balaban J connectivity index is 0.000000234. The van der Waals surface area contributed by atoms with E-state index in [2.05, 4.69) is 31.3 Å². The van der Waals surface area contributed by atoms with Crippen LogP contribution in [0.2, 0.25) is 0 Å². The Kier molecular flexibility index (Phi) is 17.5. The maximum atomic E-state index is 12.6. The summed E-state index contributed by atoms with van der Waals surface area (Å²) >= 11 is 0. The van der Waals surface area contributed by atoms with Crippen LogP contribution >= 0.6 is 0 Å². The lowest BCUT2D eigenvalue weighted by atomic mass is 9.93. The number of pyridine rings is 1. The summed E-state index contributed by atoms with van der Waals surface area (Å²) < 4.78 is 31.3. The Morgan fingerprint density at radius 1 is 0.810 bits per heavy atom. The van der Waals surface area contributed by atoms with Crippen molar-refractivity contribution in [2.24, 2.45) is 5.41 Å². The summed E-state index contributed by atoms with van der Waals surface area (Å²) in [6.45, 7) is 16.6. The zero-order valence-electron chi connectivity index (χ0n) is 35.3. The van der Waals surface area contributed by atoms with Crippen molar-refractivity contribution in [2.75, 3.05) is 19.5 Å². The highest BCUT2D eigenvalue weighted by atomic mass is 32.2. The molecule has 3 amide bonds. The quantitative estimate of drug-likeness (QED) is 0.0799. The number of aromatic nitrogens is 1. The smallest absolute Gasteiger partial charge is 0.345 e. The average Bonchev–Trinajstić information content (AvgIpc) is 3.20. The SMILES string of the molecule is CC(C)N(Cc1ccccc1)C(=O)C(C)(C)C.CON(C)C(=O)Nc1ccc(OCc2ccccc2)cc1.Cc1ccc(C)c(C(C)S(=O)(=O)c2cccc[n+]2[O-])c1. The standard InChI is InChI=1S/C16H18N2O3.C15H17NO3S.C15H23NO/c1-18(20-2)16(19)17-14-8-10-15(11-9-14)21-12-13-6-4-3-5-7-13;1-11-7-8-12(2)14(10-11)13(3)20(18,19)15-6-4-5-9-16(15)17;1-12(2)16(14(17)15(3,4)5)11-13-9-7-6-8-10-13/h3-11H,12H2,1-2H3,(H,17,19);4-10,13H,1-3H3;6-10,12H,11H2,1-5H3. The number of urea groups is 1. The van der Waals surface area contributed by atoms with E-state index in [-0.39, 0.29) is 28.4 Å². The highest BCUT2D eigenvalue weighted by Crippen LogP contribution is 2.29. The molecule has 1 atom stereocenters. The number of aryl methyl sites for hydroxylation is 2. The van der Waals surface area contributed by atoms with Gasteiger partial charge in [-0.25, -0.2) is 18.3 Å². The van der Waals surface area contributed by atoms with Crippen LogP contribution in [0.15, 0.2) is 133 Å². The molecular weight excluding hydrogens is 753 g/mol. The average molecular weight is 811 g/mol. The molecule has 1 unspecified atom stereocenters. The number of carbonyl (C=O) groups excluding carboxylic acids is 2. The summed E-state index contributed by atoms with van der Waals surface area (Å²) in [5, 5.41) is 14.5. The molecule has 1 heterocycles. The van der Waals surface area contributed by atoms with Gasteiger partial charge in [-0.05, 0) is 87.2 Å². The number of amides is 3. The number of sulfone groups is 1. The Hall–Kier alpha value is -5.72. The summed E-state index contributed by atoms with van der Waals surface area (Å²) in [5.74, 6) is 0.952.